The number of hydrogen-bond donors (Lipinski definition) is 2. The highest BCUT2D eigenvalue weighted by atomic mass is 32.2. The monoisotopic (exact) mass is 424 g/mol. The number of halogens is 3. The van der Waals surface area contributed by atoms with Gasteiger partial charge in [0.25, 0.3) is 0 Å². The van der Waals surface area contributed by atoms with Gasteiger partial charge in [0, 0.05) is 0 Å². The molecule has 154 valence electrons. The molecule has 0 spiro atoms. The number of hydrogen-bond acceptors (Lipinski definition) is 4. The molecule has 1 aromatic heterocycles. The van der Waals surface area contributed by atoms with E-state index in [0.29, 0.717) is 16.9 Å². The van der Waals surface area contributed by atoms with E-state index in [1.807, 2.05) is 4.72 Å². The smallest absolute Gasteiger partial charge is 0.468 e. The Bertz CT molecular complexity index is 992. The van der Waals surface area contributed by atoms with E-state index in [4.69, 9.17) is 4.42 Å². The Kier molecular flexibility index (Phi) is 6.41. The van der Waals surface area contributed by atoms with E-state index >= 15 is 0 Å². The third-order valence-corrected chi connectivity index (χ3v) is 5.49. The molecule has 0 aliphatic heterocycles. The van der Waals surface area contributed by atoms with Crippen molar-refractivity contribution in [3.63, 3.8) is 0 Å². The predicted molar refractivity (Wildman–Crippen MR) is 102 cm³/mol. The minimum absolute atomic E-state index is 0.198. The molecule has 2 aromatic carbocycles. The maximum Gasteiger partial charge on any atom is 0.511 e. The van der Waals surface area contributed by atoms with Gasteiger partial charge >= 0.3 is 15.5 Å². The zero-order valence-electron chi connectivity index (χ0n) is 15.1. The lowest BCUT2D eigenvalue weighted by Crippen LogP contribution is -2.43. The first-order chi connectivity index (χ1) is 13.8. The molecule has 29 heavy (non-hydrogen) atoms. The topological polar surface area (TPSA) is 71.3 Å². The van der Waals surface area contributed by atoms with Crippen LogP contribution in [0.4, 0.5) is 13.2 Å². The van der Waals surface area contributed by atoms with Gasteiger partial charge in [0.05, 0.1) is 24.9 Å². The Balaban J connectivity index is 2.01. The SMILES string of the molecule is O=S(=O)(N[C@H](c1ccccc1)[C@H](NCc1ccco1)c1ccccc1)C(F)(F)F. The first-order valence-corrected chi connectivity index (χ1v) is 10.2. The Morgan fingerprint density at radius 3 is 1.86 bits per heavy atom. The minimum atomic E-state index is -5.58. The van der Waals surface area contributed by atoms with Crippen molar-refractivity contribution in [2.75, 3.05) is 0 Å². The van der Waals surface area contributed by atoms with Crippen LogP contribution in [0.5, 0.6) is 0 Å². The zero-order chi connectivity index (χ0) is 20.9. The molecule has 0 radical (unpaired) electrons. The molecule has 0 aliphatic rings. The Hall–Kier alpha value is -2.62. The van der Waals surface area contributed by atoms with Crippen LogP contribution in [0.15, 0.2) is 83.5 Å². The minimum Gasteiger partial charge on any atom is -0.468 e. The van der Waals surface area contributed by atoms with E-state index in [-0.39, 0.29) is 6.54 Å². The van der Waals surface area contributed by atoms with Crippen LogP contribution in [0.3, 0.4) is 0 Å². The van der Waals surface area contributed by atoms with Crippen molar-refractivity contribution in [1.82, 2.24) is 10.0 Å². The van der Waals surface area contributed by atoms with Crippen LogP contribution >= 0.6 is 0 Å². The fraction of sp³-hybridized carbons (Fsp3) is 0.200. The summed E-state index contributed by atoms with van der Waals surface area (Å²) in [6, 6.07) is 18.2. The van der Waals surface area contributed by atoms with Crippen molar-refractivity contribution >= 4 is 10.0 Å². The van der Waals surface area contributed by atoms with Crippen molar-refractivity contribution in [3.05, 3.63) is 95.9 Å². The van der Waals surface area contributed by atoms with Crippen LogP contribution in [0.1, 0.15) is 29.0 Å². The van der Waals surface area contributed by atoms with Crippen LogP contribution in [0.25, 0.3) is 0 Å². The van der Waals surface area contributed by atoms with Crippen molar-refractivity contribution in [1.29, 1.82) is 0 Å². The van der Waals surface area contributed by atoms with Gasteiger partial charge in [-0.15, -0.1) is 0 Å². The largest absolute Gasteiger partial charge is 0.511 e. The highest BCUT2D eigenvalue weighted by molar-refractivity contribution is 7.90. The second-order valence-corrected chi connectivity index (χ2v) is 8.01. The molecule has 0 bridgehead atoms. The van der Waals surface area contributed by atoms with Crippen molar-refractivity contribution in [2.45, 2.75) is 24.1 Å². The Morgan fingerprint density at radius 1 is 0.828 bits per heavy atom. The first-order valence-electron chi connectivity index (χ1n) is 8.72. The summed E-state index contributed by atoms with van der Waals surface area (Å²) in [7, 11) is -5.58. The van der Waals surface area contributed by atoms with Crippen LogP contribution in [0, 0.1) is 0 Å². The number of rotatable bonds is 8. The van der Waals surface area contributed by atoms with E-state index in [1.54, 1.807) is 72.8 Å². The van der Waals surface area contributed by atoms with Crippen LogP contribution in [0.2, 0.25) is 0 Å². The Labute approximate surface area is 166 Å². The molecule has 2 atom stereocenters. The van der Waals surface area contributed by atoms with Gasteiger partial charge in [-0.25, -0.2) is 8.42 Å². The van der Waals surface area contributed by atoms with Gasteiger partial charge in [0.2, 0.25) is 0 Å². The highest BCUT2D eigenvalue weighted by Crippen LogP contribution is 2.33. The summed E-state index contributed by atoms with van der Waals surface area (Å²) in [6.07, 6.45) is 1.48. The normalized spacial score (nSPS) is 14.4. The molecule has 2 N–H and O–H groups in total. The molecular formula is C20H19F3N2O3S. The summed E-state index contributed by atoms with van der Waals surface area (Å²) in [6.45, 7) is 0.198. The lowest BCUT2D eigenvalue weighted by molar-refractivity contribution is -0.0452. The fourth-order valence-electron chi connectivity index (χ4n) is 2.94. The molecule has 0 saturated heterocycles. The average molecular weight is 424 g/mol. The lowest BCUT2D eigenvalue weighted by atomic mass is 9.94. The highest BCUT2D eigenvalue weighted by Gasteiger charge is 2.48. The van der Waals surface area contributed by atoms with Crippen LogP contribution < -0.4 is 10.0 Å². The second kappa shape index (κ2) is 8.81. The van der Waals surface area contributed by atoms with Gasteiger partial charge in [-0.05, 0) is 23.3 Å². The van der Waals surface area contributed by atoms with E-state index in [9.17, 15) is 21.6 Å². The van der Waals surface area contributed by atoms with E-state index < -0.39 is 27.6 Å². The molecule has 1 heterocycles. The van der Waals surface area contributed by atoms with Gasteiger partial charge in [-0.2, -0.15) is 17.9 Å². The molecule has 3 rings (SSSR count). The molecule has 0 aliphatic carbocycles. The number of sulfonamides is 1. The number of alkyl halides is 3. The molecule has 0 amide bonds. The predicted octanol–water partition coefficient (Wildman–Crippen LogP) is 4.29. The second-order valence-electron chi connectivity index (χ2n) is 6.30. The maximum absolute atomic E-state index is 13.1. The molecule has 0 fully saturated rings. The molecule has 0 saturated carbocycles. The van der Waals surface area contributed by atoms with Gasteiger partial charge in [0.15, 0.2) is 0 Å². The summed E-state index contributed by atoms with van der Waals surface area (Å²) in [4.78, 5) is 0. The fourth-order valence-corrected chi connectivity index (χ4v) is 3.68. The van der Waals surface area contributed by atoms with E-state index in [1.165, 1.54) is 6.26 Å². The average Bonchev–Trinajstić information content (AvgIpc) is 3.21. The number of benzene rings is 2. The first kappa shape index (κ1) is 21.1. The summed E-state index contributed by atoms with van der Waals surface area (Å²) in [5.41, 5.74) is -4.42. The van der Waals surface area contributed by atoms with Gasteiger partial charge in [-0.3, -0.25) is 0 Å². The molecular weight excluding hydrogens is 405 g/mol. The van der Waals surface area contributed by atoms with Gasteiger partial charge in [-0.1, -0.05) is 60.7 Å². The summed E-state index contributed by atoms with van der Waals surface area (Å²) >= 11 is 0. The van der Waals surface area contributed by atoms with E-state index in [0.717, 1.165) is 0 Å². The quantitative estimate of drug-likeness (QED) is 0.566. The third kappa shape index (κ3) is 5.26. The zero-order valence-corrected chi connectivity index (χ0v) is 16.0. The summed E-state index contributed by atoms with van der Waals surface area (Å²) in [5.74, 6) is 0.566. The summed E-state index contributed by atoms with van der Waals surface area (Å²) in [5, 5.41) is 3.12. The van der Waals surface area contributed by atoms with Crippen LogP contribution in [-0.4, -0.2) is 13.9 Å². The summed E-state index contributed by atoms with van der Waals surface area (Å²) < 4.78 is 70.3. The van der Waals surface area contributed by atoms with Crippen LogP contribution in [-0.2, 0) is 16.6 Å². The van der Waals surface area contributed by atoms with Gasteiger partial charge < -0.3 is 9.73 Å². The third-order valence-electron chi connectivity index (χ3n) is 4.31. The Morgan fingerprint density at radius 2 is 1.38 bits per heavy atom. The lowest BCUT2D eigenvalue weighted by Gasteiger charge is -2.30. The molecule has 9 heteroatoms. The van der Waals surface area contributed by atoms with Crippen molar-refractivity contribution in [2.24, 2.45) is 0 Å². The molecule has 3 aromatic rings. The number of nitrogens with one attached hydrogen (secondary N) is 2. The van der Waals surface area contributed by atoms with Crippen molar-refractivity contribution < 1.29 is 26.0 Å². The number of furan rings is 1. The maximum atomic E-state index is 13.1. The van der Waals surface area contributed by atoms with Gasteiger partial charge in [0.1, 0.15) is 5.76 Å². The van der Waals surface area contributed by atoms with Crippen molar-refractivity contribution in [3.8, 4) is 0 Å². The molecule has 5 nitrogen and oxygen atoms in total. The molecule has 0 unspecified atom stereocenters. The van der Waals surface area contributed by atoms with E-state index in [2.05, 4.69) is 5.32 Å². The standard InChI is InChI=1S/C20H19F3N2O3S/c21-20(22,23)29(26,27)25-19(16-10-5-2-6-11-16)18(15-8-3-1-4-9-15)24-14-17-12-7-13-28-17/h1-13,18-19,24-25H,14H2/t18-,19-/m1/s1.